The Hall–Kier alpha value is -4.72. The summed E-state index contributed by atoms with van der Waals surface area (Å²) in [5, 5.41) is 12.7. The molecule has 0 saturated carbocycles. The SMILES string of the molecule is CC(=O)c1ccc(NC(=O)Cn2ccc3cccc(Nc4ccc5c(cnn5C)c4)c3c2=O)cc1. The summed E-state index contributed by atoms with van der Waals surface area (Å²) in [4.78, 5) is 37.4. The highest BCUT2D eigenvalue weighted by molar-refractivity contribution is 5.97. The number of aryl methyl sites for hydroxylation is 1. The first-order valence-electron chi connectivity index (χ1n) is 11.1. The van der Waals surface area contributed by atoms with Gasteiger partial charge in [0, 0.05) is 35.6 Å². The van der Waals surface area contributed by atoms with Crippen LogP contribution in [0.25, 0.3) is 21.7 Å². The molecule has 0 aliphatic carbocycles. The van der Waals surface area contributed by atoms with Gasteiger partial charge in [-0.2, -0.15) is 5.10 Å². The lowest BCUT2D eigenvalue weighted by Gasteiger charge is -2.13. The van der Waals surface area contributed by atoms with Crippen LogP contribution >= 0.6 is 0 Å². The standard InChI is InChI=1S/C27H23N5O3/c1-17(33)18-6-8-21(9-7-18)30-25(34)16-32-13-12-19-4-3-5-23(26(19)27(32)35)29-22-10-11-24-20(14-22)15-28-31(24)2/h3-15,29H,16H2,1-2H3,(H,30,34). The van der Waals surface area contributed by atoms with Gasteiger partial charge < -0.3 is 15.2 Å². The van der Waals surface area contributed by atoms with Gasteiger partial charge in [0.05, 0.1) is 22.8 Å². The van der Waals surface area contributed by atoms with Crippen molar-refractivity contribution in [1.29, 1.82) is 0 Å². The molecule has 3 aromatic carbocycles. The van der Waals surface area contributed by atoms with Gasteiger partial charge in [0.25, 0.3) is 5.56 Å². The maximum atomic E-state index is 13.4. The van der Waals surface area contributed by atoms with E-state index in [2.05, 4.69) is 15.7 Å². The van der Waals surface area contributed by atoms with Crippen molar-refractivity contribution in [3.8, 4) is 0 Å². The summed E-state index contributed by atoms with van der Waals surface area (Å²) in [5.41, 5.74) is 3.36. The molecule has 5 rings (SSSR count). The molecule has 8 heteroatoms. The topological polar surface area (TPSA) is 98.0 Å². The number of Topliss-reactive ketones (excluding diaryl/α,β-unsaturated/α-hetero) is 1. The molecule has 35 heavy (non-hydrogen) atoms. The van der Waals surface area contributed by atoms with E-state index in [1.807, 2.05) is 49.5 Å². The van der Waals surface area contributed by atoms with Crippen LogP contribution in [-0.4, -0.2) is 26.0 Å². The van der Waals surface area contributed by atoms with E-state index in [-0.39, 0.29) is 23.8 Å². The minimum atomic E-state index is -0.338. The quantitative estimate of drug-likeness (QED) is 0.361. The molecule has 2 aromatic heterocycles. The number of nitrogens with zero attached hydrogens (tertiary/aromatic N) is 3. The molecule has 0 aliphatic heterocycles. The number of ketones is 1. The fourth-order valence-electron chi connectivity index (χ4n) is 4.10. The second kappa shape index (κ2) is 8.90. The monoisotopic (exact) mass is 465 g/mol. The molecular formula is C27H23N5O3. The van der Waals surface area contributed by atoms with Gasteiger partial charge in [0.2, 0.25) is 5.91 Å². The number of amides is 1. The van der Waals surface area contributed by atoms with Gasteiger partial charge in [-0.15, -0.1) is 0 Å². The van der Waals surface area contributed by atoms with E-state index in [1.54, 1.807) is 41.3 Å². The van der Waals surface area contributed by atoms with Crippen LogP contribution in [0.2, 0.25) is 0 Å². The number of anilines is 3. The number of benzene rings is 3. The number of nitrogens with one attached hydrogen (secondary N) is 2. The fourth-order valence-corrected chi connectivity index (χ4v) is 4.10. The van der Waals surface area contributed by atoms with Crippen molar-refractivity contribution >= 4 is 50.4 Å². The average Bonchev–Trinajstić information content (AvgIpc) is 3.21. The minimum Gasteiger partial charge on any atom is -0.355 e. The number of carbonyl (C=O) groups is 2. The molecule has 8 nitrogen and oxygen atoms in total. The Labute approximate surface area is 200 Å². The lowest BCUT2D eigenvalue weighted by molar-refractivity contribution is -0.116. The van der Waals surface area contributed by atoms with Crippen molar-refractivity contribution in [3.05, 3.63) is 95.0 Å². The molecule has 0 atom stereocenters. The molecule has 1 amide bonds. The van der Waals surface area contributed by atoms with Crippen LogP contribution in [0.3, 0.4) is 0 Å². The second-order valence-corrected chi connectivity index (χ2v) is 8.37. The number of aromatic nitrogens is 3. The number of fused-ring (bicyclic) bond motifs is 2. The van der Waals surface area contributed by atoms with Crippen LogP contribution in [0.1, 0.15) is 17.3 Å². The number of carbonyl (C=O) groups excluding carboxylic acids is 2. The van der Waals surface area contributed by atoms with Crippen molar-refractivity contribution < 1.29 is 9.59 Å². The van der Waals surface area contributed by atoms with E-state index < -0.39 is 0 Å². The van der Waals surface area contributed by atoms with Crippen LogP contribution in [0, 0.1) is 0 Å². The Morgan fingerprint density at radius 1 is 0.943 bits per heavy atom. The molecule has 0 radical (unpaired) electrons. The van der Waals surface area contributed by atoms with Gasteiger partial charge in [0.1, 0.15) is 6.54 Å². The molecular weight excluding hydrogens is 442 g/mol. The highest BCUT2D eigenvalue weighted by atomic mass is 16.2. The molecule has 2 N–H and O–H groups in total. The van der Waals surface area contributed by atoms with Crippen molar-refractivity contribution in [1.82, 2.24) is 14.3 Å². The highest BCUT2D eigenvalue weighted by Gasteiger charge is 2.12. The van der Waals surface area contributed by atoms with Crippen LogP contribution in [0.15, 0.2) is 83.9 Å². The van der Waals surface area contributed by atoms with E-state index >= 15 is 0 Å². The summed E-state index contributed by atoms with van der Waals surface area (Å²) in [6, 6.07) is 19.9. The predicted octanol–water partition coefficient (Wildman–Crippen LogP) is 4.47. The summed E-state index contributed by atoms with van der Waals surface area (Å²) in [6.07, 6.45) is 3.41. The van der Waals surface area contributed by atoms with Gasteiger partial charge in [-0.05, 0) is 66.9 Å². The van der Waals surface area contributed by atoms with E-state index in [9.17, 15) is 14.4 Å². The van der Waals surface area contributed by atoms with Crippen LogP contribution in [0.5, 0.6) is 0 Å². The minimum absolute atomic E-state index is 0.0460. The molecule has 0 fully saturated rings. The van der Waals surface area contributed by atoms with E-state index in [1.165, 1.54) is 11.5 Å². The zero-order valence-electron chi connectivity index (χ0n) is 19.3. The third-order valence-corrected chi connectivity index (χ3v) is 5.92. The van der Waals surface area contributed by atoms with Gasteiger partial charge in [0.15, 0.2) is 5.78 Å². The fraction of sp³-hybridized carbons (Fsp3) is 0.111. The van der Waals surface area contributed by atoms with Gasteiger partial charge in [-0.1, -0.05) is 12.1 Å². The third-order valence-electron chi connectivity index (χ3n) is 5.92. The molecule has 0 spiro atoms. The molecule has 0 saturated heterocycles. The van der Waals surface area contributed by atoms with Gasteiger partial charge >= 0.3 is 0 Å². The first-order chi connectivity index (χ1) is 16.9. The first-order valence-corrected chi connectivity index (χ1v) is 11.1. The smallest absolute Gasteiger partial charge is 0.261 e. The summed E-state index contributed by atoms with van der Waals surface area (Å²) < 4.78 is 3.19. The zero-order chi connectivity index (χ0) is 24.5. The van der Waals surface area contributed by atoms with Gasteiger partial charge in [-0.3, -0.25) is 19.1 Å². The molecule has 2 heterocycles. The van der Waals surface area contributed by atoms with Crippen LogP contribution < -0.4 is 16.2 Å². The Balaban J connectivity index is 1.41. The lowest BCUT2D eigenvalue weighted by atomic mass is 10.1. The van der Waals surface area contributed by atoms with Crippen LogP contribution in [0.4, 0.5) is 17.1 Å². The maximum absolute atomic E-state index is 13.4. The highest BCUT2D eigenvalue weighted by Crippen LogP contribution is 2.26. The second-order valence-electron chi connectivity index (χ2n) is 8.37. The zero-order valence-corrected chi connectivity index (χ0v) is 19.3. The Morgan fingerprint density at radius 2 is 1.71 bits per heavy atom. The number of rotatable bonds is 6. The summed E-state index contributed by atoms with van der Waals surface area (Å²) in [6.45, 7) is 1.35. The Morgan fingerprint density at radius 3 is 2.49 bits per heavy atom. The number of hydrogen-bond acceptors (Lipinski definition) is 5. The van der Waals surface area contributed by atoms with Crippen LogP contribution in [-0.2, 0) is 18.4 Å². The summed E-state index contributed by atoms with van der Waals surface area (Å²) in [5.74, 6) is -0.384. The third kappa shape index (κ3) is 4.41. The van der Waals surface area contributed by atoms with Crippen molar-refractivity contribution in [2.45, 2.75) is 13.5 Å². The summed E-state index contributed by atoms with van der Waals surface area (Å²) >= 11 is 0. The Bertz CT molecular complexity index is 1650. The lowest BCUT2D eigenvalue weighted by Crippen LogP contribution is -2.27. The molecule has 0 aliphatic rings. The summed E-state index contributed by atoms with van der Waals surface area (Å²) in [7, 11) is 1.89. The normalized spacial score (nSPS) is 11.0. The van der Waals surface area contributed by atoms with E-state index in [0.29, 0.717) is 22.3 Å². The molecule has 0 bridgehead atoms. The Kier molecular flexibility index (Phi) is 5.62. The molecule has 0 unspecified atom stereocenters. The van der Waals surface area contributed by atoms with Crippen molar-refractivity contribution in [2.75, 3.05) is 10.6 Å². The first kappa shape index (κ1) is 22.1. The largest absolute Gasteiger partial charge is 0.355 e. The predicted molar refractivity (Wildman–Crippen MR) is 137 cm³/mol. The van der Waals surface area contributed by atoms with Crippen molar-refractivity contribution in [3.63, 3.8) is 0 Å². The van der Waals surface area contributed by atoms with E-state index in [4.69, 9.17) is 0 Å². The molecule has 5 aromatic rings. The van der Waals surface area contributed by atoms with Crippen molar-refractivity contribution in [2.24, 2.45) is 7.05 Å². The molecule has 174 valence electrons. The van der Waals surface area contributed by atoms with E-state index in [0.717, 1.165) is 22.0 Å². The average molecular weight is 466 g/mol. The maximum Gasteiger partial charge on any atom is 0.261 e. The van der Waals surface area contributed by atoms with Gasteiger partial charge in [-0.25, -0.2) is 0 Å². The number of pyridine rings is 1. The number of hydrogen-bond donors (Lipinski definition) is 2.